The summed E-state index contributed by atoms with van der Waals surface area (Å²) in [4.78, 5) is 28.9. The molecule has 8 heteroatoms. The van der Waals surface area contributed by atoms with Gasteiger partial charge in [-0.1, -0.05) is 42.5 Å². The number of carboxylic acid groups (broad SMARTS) is 1. The minimum atomic E-state index is -1.04. The lowest BCUT2D eigenvalue weighted by atomic mass is 10.2. The third-order valence-electron chi connectivity index (χ3n) is 4.72. The van der Waals surface area contributed by atoms with E-state index in [0.717, 1.165) is 14.7 Å². The Morgan fingerprint density at radius 3 is 2.56 bits per heavy atom. The van der Waals surface area contributed by atoms with Crippen LogP contribution >= 0.6 is 22.6 Å². The van der Waals surface area contributed by atoms with E-state index in [0.29, 0.717) is 22.5 Å². The van der Waals surface area contributed by atoms with Crippen molar-refractivity contribution in [2.24, 2.45) is 5.10 Å². The zero-order chi connectivity index (χ0) is 22.7. The Balaban J connectivity index is 1.75. The molecule has 32 heavy (non-hydrogen) atoms. The van der Waals surface area contributed by atoms with Gasteiger partial charge in [0.25, 0.3) is 5.56 Å². The van der Waals surface area contributed by atoms with Crippen molar-refractivity contribution in [3.63, 3.8) is 0 Å². The molecule has 0 spiro atoms. The zero-order valence-corrected chi connectivity index (χ0v) is 19.1. The van der Waals surface area contributed by atoms with Gasteiger partial charge in [-0.3, -0.25) is 4.79 Å². The Kier molecular flexibility index (Phi) is 6.31. The highest BCUT2D eigenvalue weighted by Gasteiger charge is 2.15. The van der Waals surface area contributed by atoms with Gasteiger partial charge in [-0.2, -0.15) is 9.78 Å². The Morgan fingerprint density at radius 2 is 1.84 bits per heavy atom. The van der Waals surface area contributed by atoms with Gasteiger partial charge in [0.15, 0.2) is 11.9 Å². The minimum Gasteiger partial charge on any atom is -0.479 e. The van der Waals surface area contributed by atoms with E-state index >= 15 is 0 Å². The molecule has 0 amide bonds. The SMILES string of the molecule is C[C@@H](Oc1ccc(C=Nn2c(-c3ccccc3)nc3ccccc3c2=O)cc1I)C(=O)O. The number of halogens is 1. The van der Waals surface area contributed by atoms with E-state index in [-0.39, 0.29) is 5.56 Å². The van der Waals surface area contributed by atoms with Crippen LogP contribution < -0.4 is 10.3 Å². The number of hydrogen-bond acceptors (Lipinski definition) is 5. The van der Waals surface area contributed by atoms with E-state index < -0.39 is 12.1 Å². The number of nitrogens with zero attached hydrogens (tertiary/aromatic N) is 3. The quantitative estimate of drug-likeness (QED) is 0.290. The third kappa shape index (κ3) is 4.54. The number of carbonyl (C=O) groups is 1. The molecule has 3 aromatic carbocycles. The molecule has 4 rings (SSSR count). The third-order valence-corrected chi connectivity index (χ3v) is 5.56. The van der Waals surface area contributed by atoms with Crippen LogP contribution in [-0.4, -0.2) is 33.1 Å². The molecule has 4 aromatic rings. The number of carboxylic acids is 1. The van der Waals surface area contributed by atoms with Crippen LogP contribution in [0.5, 0.6) is 5.75 Å². The number of fused-ring (bicyclic) bond motifs is 1. The van der Waals surface area contributed by atoms with Gasteiger partial charge in [-0.05, 0) is 65.4 Å². The highest BCUT2D eigenvalue weighted by atomic mass is 127. The molecule has 0 saturated carbocycles. The molecule has 7 nitrogen and oxygen atoms in total. The summed E-state index contributed by atoms with van der Waals surface area (Å²) in [5.41, 5.74) is 1.83. The average Bonchev–Trinajstić information content (AvgIpc) is 2.80. The Bertz CT molecular complexity index is 1380. The molecule has 160 valence electrons. The summed E-state index contributed by atoms with van der Waals surface area (Å²) in [6, 6.07) is 21.8. The number of para-hydroxylation sites is 1. The maximum atomic E-state index is 13.2. The second-order valence-electron chi connectivity index (χ2n) is 6.97. The van der Waals surface area contributed by atoms with Gasteiger partial charge in [-0.25, -0.2) is 9.78 Å². The molecule has 0 saturated heterocycles. The molecule has 1 aromatic heterocycles. The highest BCUT2D eigenvalue weighted by Crippen LogP contribution is 2.23. The lowest BCUT2D eigenvalue weighted by molar-refractivity contribution is -0.144. The largest absolute Gasteiger partial charge is 0.479 e. The number of ether oxygens (including phenoxy) is 1. The molecule has 1 atom stereocenters. The van der Waals surface area contributed by atoms with Gasteiger partial charge in [0, 0.05) is 5.56 Å². The first kappa shape index (κ1) is 21.7. The van der Waals surface area contributed by atoms with Crippen LogP contribution in [0.4, 0.5) is 0 Å². The Hall–Kier alpha value is -3.53. The molecule has 1 heterocycles. The van der Waals surface area contributed by atoms with Gasteiger partial charge in [0.1, 0.15) is 5.75 Å². The maximum absolute atomic E-state index is 13.2. The normalized spacial score (nSPS) is 12.2. The first-order valence-electron chi connectivity index (χ1n) is 9.74. The van der Waals surface area contributed by atoms with Crippen LogP contribution in [0.3, 0.4) is 0 Å². The lowest BCUT2D eigenvalue weighted by Crippen LogP contribution is -2.23. The van der Waals surface area contributed by atoms with Gasteiger partial charge in [0.05, 0.1) is 20.7 Å². The summed E-state index contributed by atoms with van der Waals surface area (Å²) in [6.07, 6.45) is 0.607. The van der Waals surface area contributed by atoms with Crippen LogP contribution in [0.2, 0.25) is 0 Å². The zero-order valence-electron chi connectivity index (χ0n) is 17.0. The van der Waals surface area contributed by atoms with E-state index in [1.165, 1.54) is 11.6 Å². The second-order valence-corrected chi connectivity index (χ2v) is 8.13. The van der Waals surface area contributed by atoms with Crippen molar-refractivity contribution in [3.05, 3.63) is 92.3 Å². The molecular weight excluding hydrogens is 521 g/mol. The summed E-state index contributed by atoms with van der Waals surface area (Å²) in [5.74, 6) is -0.134. The molecule has 0 unspecified atom stereocenters. The Morgan fingerprint density at radius 1 is 1.12 bits per heavy atom. The van der Waals surface area contributed by atoms with Gasteiger partial charge in [-0.15, -0.1) is 0 Å². The Labute approximate surface area is 197 Å². The molecule has 0 aliphatic heterocycles. The fraction of sp³-hybridized carbons (Fsp3) is 0.0833. The first-order chi connectivity index (χ1) is 15.4. The summed E-state index contributed by atoms with van der Waals surface area (Å²) in [5, 5.41) is 14.0. The average molecular weight is 539 g/mol. The summed E-state index contributed by atoms with van der Waals surface area (Å²) in [7, 11) is 0. The summed E-state index contributed by atoms with van der Waals surface area (Å²) in [6.45, 7) is 1.47. The number of rotatable bonds is 6. The van der Waals surface area contributed by atoms with Crippen LogP contribution in [-0.2, 0) is 4.79 Å². The number of hydrogen-bond donors (Lipinski definition) is 1. The highest BCUT2D eigenvalue weighted by molar-refractivity contribution is 14.1. The monoisotopic (exact) mass is 539 g/mol. The smallest absolute Gasteiger partial charge is 0.344 e. The van der Waals surface area contributed by atoms with Crippen molar-refractivity contribution in [2.75, 3.05) is 0 Å². The van der Waals surface area contributed by atoms with Gasteiger partial charge in [0.2, 0.25) is 0 Å². The molecular formula is C24H18IN3O4. The van der Waals surface area contributed by atoms with Gasteiger partial charge < -0.3 is 9.84 Å². The van der Waals surface area contributed by atoms with Crippen molar-refractivity contribution in [1.82, 2.24) is 9.66 Å². The van der Waals surface area contributed by atoms with Crippen molar-refractivity contribution < 1.29 is 14.6 Å². The van der Waals surface area contributed by atoms with E-state index in [1.54, 1.807) is 42.6 Å². The number of benzene rings is 3. The van der Waals surface area contributed by atoms with Crippen molar-refractivity contribution in [1.29, 1.82) is 0 Å². The molecule has 0 aliphatic carbocycles. The summed E-state index contributed by atoms with van der Waals surface area (Å²) >= 11 is 2.07. The van der Waals surface area contributed by atoms with E-state index in [4.69, 9.17) is 9.84 Å². The van der Waals surface area contributed by atoms with Gasteiger partial charge >= 0.3 is 5.97 Å². The minimum absolute atomic E-state index is 0.268. The topological polar surface area (TPSA) is 93.8 Å². The first-order valence-corrected chi connectivity index (χ1v) is 10.8. The summed E-state index contributed by atoms with van der Waals surface area (Å²) < 4.78 is 7.47. The molecule has 1 N–H and O–H groups in total. The van der Waals surface area contributed by atoms with Crippen LogP contribution in [0.15, 0.2) is 82.7 Å². The van der Waals surface area contributed by atoms with E-state index in [2.05, 4.69) is 32.7 Å². The number of aliphatic carboxylic acids is 1. The fourth-order valence-corrected chi connectivity index (χ4v) is 3.73. The molecule has 0 aliphatic rings. The standard InChI is InChI=1S/C24H18IN3O4/c1-15(24(30)31)32-21-12-11-16(13-19(21)25)14-26-28-22(17-7-3-2-4-8-17)27-20-10-6-5-9-18(20)23(28)29/h2-15H,1H3,(H,30,31)/t15-/m1/s1. The predicted molar refractivity (Wildman–Crippen MR) is 131 cm³/mol. The van der Waals surface area contributed by atoms with Crippen molar-refractivity contribution in [2.45, 2.75) is 13.0 Å². The van der Waals surface area contributed by atoms with E-state index in [9.17, 15) is 9.59 Å². The molecule has 0 radical (unpaired) electrons. The maximum Gasteiger partial charge on any atom is 0.344 e. The lowest BCUT2D eigenvalue weighted by Gasteiger charge is -2.12. The van der Waals surface area contributed by atoms with Crippen LogP contribution in [0, 0.1) is 3.57 Å². The predicted octanol–water partition coefficient (Wildman–Crippen LogP) is 4.40. The molecule has 0 fully saturated rings. The van der Waals surface area contributed by atoms with Crippen LogP contribution in [0.25, 0.3) is 22.3 Å². The van der Waals surface area contributed by atoms with E-state index in [1.807, 2.05) is 36.4 Å². The fourth-order valence-electron chi connectivity index (χ4n) is 3.06. The number of aromatic nitrogens is 2. The van der Waals surface area contributed by atoms with Crippen molar-refractivity contribution in [3.8, 4) is 17.1 Å². The second kappa shape index (κ2) is 9.31. The van der Waals surface area contributed by atoms with Crippen LogP contribution in [0.1, 0.15) is 12.5 Å². The van der Waals surface area contributed by atoms with Crippen molar-refractivity contribution >= 4 is 45.7 Å². The molecule has 0 bridgehead atoms.